The molecule has 3 nitrogen and oxygen atoms in total. The number of halogens is 2. The van der Waals surface area contributed by atoms with E-state index in [1.807, 2.05) is 30.3 Å². The van der Waals surface area contributed by atoms with Gasteiger partial charge in [0.25, 0.3) is 0 Å². The Labute approximate surface area is 131 Å². The van der Waals surface area contributed by atoms with Gasteiger partial charge in [-0.05, 0) is 23.8 Å². The summed E-state index contributed by atoms with van der Waals surface area (Å²) < 4.78 is 0. The number of thioether (sulfide) groups is 1. The normalized spacial score (nSPS) is 11.6. The van der Waals surface area contributed by atoms with Crippen LogP contribution in [0.15, 0.2) is 52.5 Å². The molecular formula is C14H12Cl2N2OS. The minimum absolute atomic E-state index is 0.0391. The molecule has 0 saturated heterocycles. The van der Waals surface area contributed by atoms with E-state index >= 15 is 0 Å². The van der Waals surface area contributed by atoms with Gasteiger partial charge in [0.1, 0.15) is 0 Å². The van der Waals surface area contributed by atoms with Crippen LogP contribution in [-0.2, 0) is 5.75 Å². The second-order valence-corrected chi connectivity index (χ2v) is 5.84. The van der Waals surface area contributed by atoms with E-state index in [1.165, 1.54) is 0 Å². The molecule has 0 radical (unpaired) electrons. The number of hydrogen-bond acceptors (Lipinski definition) is 3. The fourth-order valence-electron chi connectivity index (χ4n) is 1.60. The Morgan fingerprint density at radius 2 is 1.90 bits per heavy atom. The lowest BCUT2D eigenvalue weighted by Gasteiger charge is -2.07. The number of amidine groups is 1. The first-order valence-electron chi connectivity index (χ1n) is 5.75. The van der Waals surface area contributed by atoms with Gasteiger partial charge in [-0.15, -0.1) is 11.8 Å². The molecule has 0 bridgehead atoms. The Hall–Kier alpha value is -1.36. The fourth-order valence-corrected chi connectivity index (χ4v) is 3.17. The highest BCUT2D eigenvalue weighted by atomic mass is 35.5. The lowest BCUT2D eigenvalue weighted by Crippen LogP contribution is -2.12. The van der Waals surface area contributed by atoms with E-state index in [-0.39, 0.29) is 5.84 Å². The highest BCUT2D eigenvalue weighted by molar-refractivity contribution is 7.98. The van der Waals surface area contributed by atoms with Crippen LogP contribution >= 0.6 is 35.0 Å². The Bertz CT molecular complexity index is 647. The molecule has 0 atom stereocenters. The van der Waals surface area contributed by atoms with Gasteiger partial charge in [-0.1, -0.05) is 52.6 Å². The van der Waals surface area contributed by atoms with E-state index in [0.29, 0.717) is 16.3 Å². The lowest BCUT2D eigenvalue weighted by atomic mass is 10.1. The number of rotatable bonds is 4. The van der Waals surface area contributed by atoms with Gasteiger partial charge in [0, 0.05) is 21.2 Å². The largest absolute Gasteiger partial charge is 0.409 e. The van der Waals surface area contributed by atoms with Crippen molar-refractivity contribution in [2.75, 3.05) is 0 Å². The lowest BCUT2D eigenvalue weighted by molar-refractivity contribution is 0.318. The zero-order valence-corrected chi connectivity index (χ0v) is 12.7. The van der Waals surface area contributed by atoms with Crippen LogP contribution in [0.2, 0.25) is 10.0 Å². The molecular weight excluding hydrogens is 315 g/mol. The van der Waals surface area contributed by atoms with Crippen LogP contribution in [0.25, 0.3) is 0 Å². The third-order valence-electron chi connectivity index (χ3n) is 2.68. The minimum atomic E-state index is 0.0391. The molecule has 20 heavy (non-hydrogen) atoms. The molecule has 0 saturated carbocycles. The van der Waals surface area contributed by atoms with E-state index in [9.17, 15) is 0 Å². The maximum Gasteiger partial charge on any atom is 0.170 e. The first-order chi connectivity index (χ1) is 9.61. The van der Waals surface area contributed by atoms with Crippen LogP contribution in [0.3, 0.4) is 0 Å². The second-order valence-electron chi connectivity index (χ2n) is 4.01. The van der Waals surface area contributed by atoms with E-state index < -0.39 is 0 Å². The summed E-state index contributed by atoms with van der Waals surface area (Å²) in [5.74, 6) is 0.733. The van der Waals surface area contributed by atoms with Crippen molar-refractivity contribution < 1.29 is 5.21 Å². The quantitative estimate of drug-likeness (QED) is 0.288. The third kappa shape index (κ3) is 3.60. The van der Waals surface area contributed by atoms with E-state index in [0.717, 1.165) is 15.5 Å². The van der Waals surface area contributed by atoms with Crippen molar-refractivity contribution in [1.82, 2.24) is 0 Å². The first kappa shape index (κ1) is 15.0. The number of nitrogens with two attached hydrogens (primary N) is 1. The first-order valence-corrected chi connectivity index (χ1v) is 7.49. The Morgan fingerprint density at radius 1 is 1.15 bits per heavy atom. The Balaban J connectivity index is 2.13. The third-order valence-corrected chi connectivity index (χ3v) is 4.59. The minimum Gasteiger partial charge on any atom is -0.409 e. The number of oxime groups is 1. The zero-order chi connectivity index (χ0) is 14.5. The van der Waals surface area contributed by atoms with Gasteiger partial charge >= 0.3 is 0 Å². The molecule has 0 aliphatic heterocycles. The Morgan fingerprint density at radius 3 is 2.55 bits per heavy atom. The van der Waals surface area contributed by atoms with E-state index in [2.05, 4.69) is 5.16 Å². The van der Waals surface area contributed by atoms with Crippen molar-refractivity contribution in [3.8, 4) is 0 Å². The van der Waals surface area contributed by atoms with Crippen LogP contribution in [0.1, 0.15) is 11.1 Å². The van der Waals surface area contributed by atoms with Crippen LogP contribution in [-0.4, -0.2) is 11.0 Å². The summed E-state index contributed by atoms with van der Waals surface area (Å²) in [4.78, 5) is 1.01. The highest BCUT2D eigenvalue weighted by Crippen LogP contribution is 2.31. The van der Waals surface area contributed by atoms with Crippen LogP contribution in [0, 0.1) is 0 Å². The van der Waals surface area contributed by atoms with E-state index in [1.54, 1.807) is 23.9 Å². The SMILES string of the molecule is N/C(=N/O)c1ccc(CSc2ccccc2Cl)c(Cl)c1. The van der Waals surface area contributed by atoms with E-state index in [4.69, 9.17) is 34.1 Å². The number of hydrogen-bond donors (Lipinski definition) is 2. The molecule has 0 aromatic heterocycles. The summed E-state index contributed by atoms with van der Waals surface area (Å²) in [7, 11) is 0. The molecule has 3 N–H and O–H groups in total. The predicted octanol–water partition coefficient (Wildman–Crippen LogP) is 4.38. The van der Waals surface area contributed by atoms with Crippen molar-refractivity contribution in [3.05, 3.63) is 63.6 Å². The van der Waals surface area contributed by atoms with Crippen molar-refractivity contribution in [3.63, 3.8) is 0 Å². The van der Waals surface area contributed by atoms with Crippen molar-refractivity contribution in [2.45, 2.75) is 10.6 Å². The fraction of sp³-hybridized carbons (Fsp3) is 0.0714. The molecule has 2 aromatic carbocycles. The van der Waals surface area contributed by atoms with Gasteiger partial charge in [-0.3, -0.25) is 0 Å². The maximum absolute atomic E-state index is 8.63. The van der Waals surface area contributed by atoms with Crippen LogP contribution in [0.4, 0.5) is 0 Å². The average Bonchev–Trinajstić information content (AvgIpc) is 2.46. The standard InChI is InChI=1S/C14H12Cl2N2OS/c15-11-3-1-2-4-13(11)20-8-10-6-5-9(7-12(10)16)14(17)18-19/h1-7,19H,8H2,(H2,17,18). The highest BCUT2D eigenvalue weighted by Gasteiger charge is 2.07. The molecule has 0 amide bonds. The molecule has 0 unspecified atom stereocenters. The summed E-state index contributed by atoms with van der Waals surface area (Å²) in [6, 6.07) is 13.0. The van der Waals surface area contributed by atoms with Crippen molar-refractivity contribution in [1.29, 1.82) is 0 Å². The van der Waals surface area contributed by atoms with Gasteiger partial charge in [-0.25, -0.2) is 0 Å². The zero-order valence-electron chi connectivity index (χ0n) is 10.4. The van der Waals surface area contributed by atoms with Gasteiger partial charge in [-0.2, -0.15) is 0 Å². The molecule has 2 aromatic rings. The summed E-state index contributed by atoms with van der Waals surface area (Å²) >= 11 is 13.9. The van der Waals surface area contributed by atoms with Gasteiger partial charge in [0.05, 0.1) is 5.02 Å². The molecule has 0 heterocycles. The van der Waals surface area contributed by atoms with Gasteiger partial charge < -0.3 is 10.9 Å². The van der Waals surface area contributed by atoms with Crippen molar-refractivity contribution >= 4 is 40.8 Å². The number of nitrogens with zero attached hydrogens (tertiary/aromatic N) is 1. The molecule has 0 aliphatic carbocycles. The smallest absolute Gasteiger partial charge is 0.170 e. The maximum atomic E-state index is 8.63. The molecule has 2 rings (SSSR count). The molecule has 0 aliphatic rings. The molecule has 0 fully saturated rings. The van der Waals surface area contributed by atoms with Crippen molar-refractivity contribution in [2.24, 2.45) is 10.9 Å². The predicted molar refractivity (Wildman–Crippen MR) is 85.0 cm³/mol. The van der Waals surface area contributed by atoms with Crippen LogP contribution in [0.5, 0.6) is 0 Å². The summed E-state index contributed by atoms with van der Waals surface area (Å²) in [6.45, 7) is 0. The average molecular weight is 327 g/mol. The monoisotopic (exact) mass is 326 g/mol. The topological polar surface area (TPSA) is 58.6 Å². The summed E-state index contributed by atoms with van der Waals surface area (Å²) in [5.41, 5.74) is 7.07. The van der Waals surface area contributed by atoms with Gasteiger partial charge in [0.15, 0.2) is 5.84 Å². The number of benzene rings is 2. The molecule has 104 valence electrons. The Kier molecular flexibility index (Phi) is 5.17. The summed E-state index contributed by atoms with van der Waals surface area (Å²) in [5, 5.41) is 12.9. The van der Waals surface area contributed by atoms with Crippen LogP contribution < -0.4 is 5.73 Å². The molecule has 0 spiro atoms. The second kappa shape index (κ2) is 6.88. The van der Waals surface area contributed by atoms with Gasteiger partial charge in [0.2, 0.25) is 0 Å². The molecule has 6 heteroatoms. The summed E-state index contributed by atoms with van der Waals surface area (Å²) in [6.07, 6.45) is 0.